The quantitative estimate of drug-likeness (QED) is 0.688. The number of nitrogens with one attached hydrogen (secondary N) is 1. The van der Waals surface area contributed by atoms with Crippen LogP contribution >= 0.6 is 0 Å². The van der Waals surface area contributed by atoms with E-state index < -0.39 is 0 Å². The fourth-order valence-electron chi connectivity index (χ4n) is 3.65. The van der Waals surface area contributed by atoms with Crippen LogP contribution in [0.2, 0.25) is 0 Å². The first-order chi connectivity index (χ1) is 15.1. The minimum atomic E-state index is -0.0430. The molecule has 0 radical (unpaired) electrons. The molecule has 4 rings (SSSR count). The number of hydrogen-bond donors (Lipinski definition) is 1. The number of piperazine rings is 1. The van der Waals surface area contributed by atoms with Gasteiger partial charge in [0.2, 0.25) is 0 Å². The van der Waals surface area contributed by atoms with Crippen LogP contribution in [0.3, 0.4) is 0 Å². The fraction of sp³-hybridized carbons (Fsp3) is 0.292. The molecule has 1 aliphatic rings. The van der Waals surface area contributed by atoms with Crippen LogP contribution in [0.25, 0.3) is 11.3 Å². The molecule has 3 aromatic rings. The molecule has 0 aliphatic carbocycles. The van der Waals surface area contributed by atoms with Crippen LogP contribution in [0.15, 0.2) is 60.9 Å². The molecule has 0 saturated carbocycles. The van der Waals surface area contributed by atoms with Crippen molar-refractivity contribution in [3.63, 3.8) is 0 Å². The molecule has 1 aliphatic heterocycles. The monoisotopic (exact) mass is 417 g/mol. The third-order valence-corrected chi connectivity index (χ3v) is 5.46. The van der Waals surface area contributed by atoms with Crippen molar-refractivity contribution >= 4 is 11.8 Å². The van der Waals surface area contributed by atoms with E-state index in [0.29, 0.717) is 19.6 Å². The highest BCUT2D eigenvalue weighted by Gasteiger charge is 2.22. The molecule has 2 heterocycles. The van der Waals surface area contributed by atoms with Crippen LogP contribution in [0.1, 0.15) is 11.1 Å². The Balaban J connectivity index is 1.32. The maximum Gasteiger partial charge on any atom is 0.317 e. The summed E-state index contributed by atoms with van der Waals surface area (Å²) in [6.07, 6.45) is 1.61. The van der Waals surface area contributed by atoms with Crippen molar-refractivity contribution < 1.29 is 9.53 Å². The van der Waals surface area contributed by atoms with E-state index in [-0.39, 0.29) is 6.03 Å². The van der Waals surface area contributed by atoms with Gasteiger partial charge in [0, 0.05) is 44.4 Å². The van der Waals surface area contributed by atoms with Gasteiger partial charge >= 0.3 is 6.03 Å². The minimum Gasteiger partial charge on any atom is -0.497 e. The Morgan fingerprint density at radius 3 is 2.52 bits per heavy atom. The Hall–Kier alpha value is -3.61. The lowest BCUT2D eigenvalue weighted by Gasteiger charge is -2.35. The zero-order chi connectivity index (χ0) is 21.6. The Morgan fingerprint density at radius 1 is 1.03 bits per heavy atom. The number of anilines is 1. The zero-order valence-corrected chi connectivity index (χ0v) is 17.9. The molecule has 160 valence electrons. The molecule has 0 spiro atoms. The Labute approximate surface area is 182 Å². The molecule has 1 N–H and O–H groups in total. The van der Waals surface area contributed by atoms with Crippen LogP contribution in [0.4, 0.5) is 10.6 Å². The Bertz CT molecular complexity index is 1030. The van der Waals surface area contributed by atoms with Crippen molar-refractivity contribution in [1.82, 2.24) is 20.2 Å². The number of methoxy groups -OCH3 is 1. The van der Waals surface area contributed by atoms with Crippen LogP contribution in [-0.4, -0.2) is 54.2 Å². The Kier molecular flexibility index (Phi) is 6.31. The maximum absolute atomic E-state index is 12.6. The van der Waals surface area contributed by atoms with Crippen molar-refractivity contribution in [2.75, 3.05) is 38.2 Å². The van der Waals surface area contributed by atoms with E-state index in [1.165, 1.54) is 5.56 Å². The number of urea groups is 1. The van der Waals surface area contributed by atoms with E-state index in [1.807, 2.05) is 41.3 Å². The normalized spacial score (nSPS) is 13.7. The fourth-order valence-corrected chi connectivity index (χ4v) is 3.65. The van der Waals surface area contributed by atoms with E-state index >= 15 is 0 Å². The largest absolute Gasteiger partial charge is 0.497 e. The summed E-state index contributed by atoms with van der Waals surface area (Å²) >= 11 is 0. The van der Waals surface area contributed by atoms with Gasteiger partial charge in [-0.1, -0.05) is 35.9 Å². The predicted octanol–water partition coefficient (Wildman–Crippen LogP) is 3.49. The number of rotatable bonds is 5. The van der Waals surface area contributed by atoms with Gasteiger partial charge in [0.05, 0.1) is 12.8 Å². The topological polar surface area (TPSA) is 70.6 Å². The summed E-state index contributed by atoms with van der Waals surface area (Å²) in [5.74, 6) is 1.70. The van der Waals surface area contributed by atoms with Gasteiger partial charge in [0.1, 0.15) is 17.9 Å². The summed E-state index contributed by atoms with van der Waals surface area (Å²) < 4.78 is 5.16. The maximum atomic E-state index is 12.6. The van der Waals surface area contributed by atoms with Crippen LogP contribution in [0.5, 0.6) is 5.75 Å². The second kappa shape index (κ2) is 9.47. The highest BCUT2D eigenvalue weighted by molar-refractivity contribution is 5.74. The molecule has 1 saturated heterocycles. The summed E-state index contributed by atoms with van der Waals surface area (Å²) in [7, 11) is 1.64. The van der Waals surface area contributed by atoms with E-state index in [0.717, 1.165) is 41.5 Å². The van der Waals surface area contributed by atoms with Crippen molar-refractivity contribution in [2.45, 2.75) is 13.5 Å². The van der Waals surface area contributed by atoms with Gasteiger partial charge in [-0.25, -0.2) is 14.8 Å². The third-order valence-electron chi connectivity index (χ3n) is 5.46. The SMILES string of the molecule is COc1ccc(CNC(=O)N2CCN(c3cc(-c4cccc(C)c4)ncn3)CC2)cc1. The number of aromatic nitrogens is 2. The first-order valence-electron chi connectivity index (χ1n) is 10.4. The van der Waals surface area contributed by atoms with Crippen molar-refractivity contribution in [1.29, 1.82) is 0 Å². The minimum absolute atomic E-state index is 0.0430. The summed E-state index contributed by atoms with van der Waals surface area (Å²) in [5, 5.41) is 3.00. The van der Waals surface area contributed by atoms with Crippen LogP contribution < -0.4 is 15.0 Å². The zero-order valence-electron chi connectivity index (χ0n) is 17.9. The highest BCUT2D eigenvalue weighted by atomic mass is 16.5. The van der Waals surface area contributed by atoms with E-state index in [4.69, 9.17) is 4.74 Å². The number of hydrogen-bond acceptors (Lipinski definition) is 5. The van der Waals surface area contributed by atoms with Crippen molar-refractivity contribution in [3.8, 4) is 17.0 Å². The van der Waals surface area contributed by atoms with E-state index in [9.17, 15) is 4.79 Å². The molecule has 1 aromatic heterocycles. The standard InChI is InChI=1S/C24H27N5O2/c1-18-4-3-5-20(14-18)22-15-23(27-17-26-22)28-10-12-29(13-11-28)24(30)25-16-19-6-8-21(31-2)9-7-19/h3-9,14-15,17H,10-13,16H2,1-2H3,(H,25,30). The molecule has 2 amide bonds. The van der Waals surface area contributed by atoms with Gasteiger partial charge in [-0.3, -0.25) is 0 Å². The van der Waals surface area contributed by atoms with Crippen molar-refractivity contribution in [2.24, 2.45) is 0 Å². The summed E-state index contributed by atoms with van der Waals surface area (Å²) in [5.41, 5.74) is 4.23. The lowest BCUT2D eigenvalue weighted by atomic mass is 10.1. The second-order valence-electron chi connectivity index (χ2n) is 7.61. The smallest absolute Gasteiger partial charge is 0.317 e. The molecule has 2 aromatic carbocycles. The van der Waals surface area contributed by atoms with E-state index in [1.54, 1.807) is 13.4 Å². The van der Waals surface area contributed by atoms with E-state index in [2.05, 4.69) is 45.3 Å². The third kappa shape index (κ3) is 5.12. The average Bonchev–Trinajstić information content (AvgIpc) is 2.83. The van der Waals surface area contributed by atoms with Crippen LogP contribution in [0, 0.1) is 6.92 Å². The van der Waals surface area contributed by atoms with Crippen LogP contribution in [-0.2, 0) is 6.54 Å². The first kappa shape index (κ1) is 20.7. The summed E-state index contributed by atoms with van der Waals surface area (Å²) in [6.45, 7) is 5.34. The molecule has 7 nitrogen and oxygen atoms in total. The molecular formula is C24H27N5O2. The number of carbonyl (C=O) groups excluding carboxylic acids is 1. The molecule has 0 unspecified atom stereocenters. The second-order valence-corrected chi connectivity index (χ2v) is 7.61. The lowest BCUT2D eigenvalue weighted by Crippen LogP contribution is -2.51. The number of amides is 2. The number of carbonyl (C=O) groups is 1. The molecule has 7 heteroatoms. The summed E-state index contributed by atoms with van der Waals surface area (Å²) in [6, 6.07) is 18.0. The van der Waals surface area contributed by atoms with Gasteiger partial charge in [0.15, 0.2) is 0 Å². The number of ether oxygens (including phenoxy) is 1. The van der Waals surface area contributed by atoms with Gasteiger partial charge < -0.3 is 19.9 Å². The van der Waals surface area contributed by atoms with Gasteiger partial charge in [-0.2, -0.15) is 0 Å². The molecule has 1 fully saturated rings. The molecule has 0 atom stereocenters. The molecular weight excluding hydrogens is 390 g/mol. The average molecular weight is 418 g/mol. The summed E-state index contributed by atoms with van der Waals surface area (Å²) in [4.78, 5) is 25.5. The Morgan fingerprint density at radius 2 is 1.81 bits per heavy atom. The van der Waals surface area contributed by atoms with Crippen molar-refractivity contribution in [3.05, 3.63) is 72.1 Å². The van der Waals surface area contributed by atoms with Gasteiger partial charge in [0.25, 0.3) is 0 Å². The number of benzene rings is 2. The lowest BCUT2D eigenvalue weighted by molar-refractivity contribution is 0.194. The predicted molar refractivity (Wildman–Crippen MR) is 121 cm³/mol. The highest BCUT2D eigenvalue weighted by Crippen LogP contribution is 2.22. The molecule has 31 heavy (non-hydrogen) atoms. The number of aryl methyl sites for hydroxylation is 1. The first-order valence-corrected chi connectivity index (χ1v) is 10.4. The van der Waals surface area contributed by atoms with Gasteiger partial charge in [-0.05, 0) is 30.7 Å². The van der Waals surface area contributed by atoms with Gasteiger partial charge in [-0.15, -0.1) is 0 Å². The number of nitrogens with zero attached hydrogens (tertiary/aromatic N) is 4. The molecule has 0 bridgehead atoms.